The first-order valence-electron chi connectivity index (χ1n) is 4.37. The van der Waals surface area contributed by atoms with Gasteiger partial charge >= 0.3 is 5.97 Å². The minimum atomic E-state index is -0.406. The van der Waals surface area contributed by atoms with Crippen molar-refractivity contribution in [3.63, 3.8) is 0 Å². The topological polar surface area (TPSA) is 49.9 Å². The van der Waals surface area contributed by atoms with Crippen LogP contribution in [0.5, 0.6) is 0 Å². The number of hydrogen-bond donors (Lipinski definition) is 0. The highest BCUT2D eigenvalue weighted by Crippen LogP contribution is 2.01. The van der Waals surface area contributed by atoms with Crippen LogP contribution in [0.2, 0.25) is 0 Å². The third-order valence-corrected chi connectivity index (χ3v) is 2.11. The summed E-state index contributed by atoms with van der Waals surface area (Å²) in [5.41, 5.74) is 0. The number of ether oxygens (including phenoxy) is 1. The Morgan fingerprint density at radius 3 is 2.79 bits per heavy atom. The highest BCUT2D eigenvalue weighted by molar-refractivity contribution is 5.82. The summed E-state index contributed by atoms with van der Waals surface area (Å²) in [6.45, 7) is 1.75. The molecule has 0 saturated carbocycles. The fourth-order valence-electron chi connectivity index (χ4n) is 1.14. The Morgan fingerprint density at radius 1 is 1.50 bits per heavy atom. The summed E-state index contributed by atoms with van der Waals surface area (Å²) < 4.78 is 4.44. The molecule has 0 radical (unpaired) electrons. The maximum Gasteiger partial charge on any atom is 0.331 e. The second-order valence-corrected chi connectivity index (χ2v) is 3.12. The predicted octanol–water partition coefficient (Wildman–Crippen LogP) is -0.553. The molecule has 1 saturated heterocycles. The molecule has 1 heterocycles. The van der Waals surface area contributed by atoms with Gasteiger partial charge in [0.2, 0.25) is 5.91 Å². The molecule has 0 N–H and O–H groups in total. The van der Waals surface area contributed by atoms with Crippen molar-refractivity contribution < 1.29 is 14.3 Å². The highest BCUT2D eigenvalue weighted by Gasteiger charge is 2.18. The minimum Gasteiger partial charge on any atom is -0.466 e. The fourth-order valence-corrected chi connectivity index (χ4v) is 1.14. The van der Waals surface area contributed by atoms with E-state index in [9.17, 15) is 9.59 Å². The van der Waals surface area contributed by atoms with Crippen LogP contribution >= 0.6 is 0 Å². The van der Waals surface area contributed by atoms with Gasteiger partial charge in [-0.1, -0.05) is 0 Å². The zero-order chi connectivity index (χ0) is 10.6. The average molecular weight is 198 g/mol. The van der Waals surface area contributed by atoms with Crippen LogP contribution in [0.1, 0.15) is 0 Å². The van der Waals surface area contributed by atoms with Gasteiger partial charge in [0.25, 0.3) is 0 Å². The number of rotatable bonds is 2. The van der Waals surface area contributed by atoms with Crippen molar-refractivity contribution in [2.45, 2.75) is 0 Å². The molecule has 0 aromatic rings. The Kier molecular flexibility index (Phi) is 3.50. The van der Waals surface area contributed by atoms with Gasteiger partial charge in [0.15, 0.2) is 0 Å². The maximum atomic E-state index is 11.3. The number of piperazine rings is 1. The van der Waals surface area contributed by atoms with Crippen molar-refractivity contribution >= 4 is 11.9 Å². The molecule has 0 atom stereocenters. The Morgan fingerprint density at radius 2 is 2.21 bits per heavy atom. The second-order valence-electron chi connectivity index (χ2n) is 3.12. The van der Waals surface area contributed by atoms with Crippen molar-refractivity contribution in [1.82, 2.24) is 9.80 Å². The number of nitrogens with zero attached hydrogens (tertiary/aromatic N) is 2. The van der Waals surface area contributed by atoms with Gasteiger partial charge < -0.3 is 14.5 Å². The van der Waals surface area contributed by atoms with Crippen molar-refractivity contribution in [2.75, 3.05) is 33.8 Å². The number of hydrogen-bond acceptors (Lipinski definition) is 4. The molecule has 5 nitrogen and oxygen atoms in total. The lowest BCUT2D eigenvalue weighted by atomic mass is 10.3. The van der Waals surface area contributed by atoms with Crippen LogP contribution < -0.4 is 0 Å². The number of carbonyl (C=O) groups excluding carboxylic acids is 2. The minimum absolute atomic E-state index is 0.0609. The summed E-state index contributed by atoms with van der Waals surface area (Å²) in [5, 5.41) is 0. The Hall–Kier alpha value is -1.52. The van der Waals surface area contributed by atoms with Crippen LogP contribution in [0, 0.1) is 0 Å². The smallest absolute Gasteiger partial charge is 0.331 e. The highest BCUT2D eigenvalue weighted by atomic mass is 16.5. The van der Waals surface area contributed by atoms with Crippen LogP contribution in [-0.2, 0) is 14.3 Å². The summed E-state index contributed by atoms with van der Waals surface area (Å²) in [5.74, 6) is -0.345. The van der Waals surface area contributed by atoms with Crippen LogP contribution in [0.3, 0.4) is 0 Å². The van der Waals surface area contributed by atoms with Gasteiger partial charge in [-0.2, -0.15) is 0 Å². The molecule has 0 unspecified atom stereocenters. The van der Waals surface area contributed by atoms with Crippen LogP contribution in [0.15, 0.2) is 12.3 Å². The molecule has 78 valence electrons. The number of amides is 1. The van der Waals surface area contributed by atoms with E-state index in [0.717, 1.165) is 6.54 Å². The number of methoxy groups -OCH3 is 1. The van der Waals surface area contributed by atoms with E-state index < -0.39 is 5.97 Å². The number of esters is 1. The third-order valence-electron chi connectivity index (χ3n) is 2.11. The van der Waals surface area contributed by atoms with Crippen molar-refractivity contribution in [3.8, 4) is 0 Å². The molecule has 0 aliphatic carbocycles. The summed E-state index contributed by atoms with van der Waals surface area (Å²) >= 11 is 0. The van der Waals surface area contributed by atoms with Crippen LogP contribution in [-0.4, -0.2) is 55.5 Å². The van der Waals surface area contributed by atoms with E-state index in [1.165, 1.54) is 13.2 Å². The Labute approximate surface area is 82.9 Å². The normalized spacial score (nSPS) is 17.7. The van der Waals surface area contributed by atoms with Crippen molar-refractivity contribution in [1.29, 1.82) is 0 Å². The van der Waals surface area contributed by atoms with E-state index >= 15 is 0 Å². The molecule has 1 aliphatic heterocycles. The van der Waals surface area contributed by atoms with Crippen molar-refractivity contribution in [3.05, 3.63) is 12.3 Å². The largest absolute Gasteiger partial charge is 0.466 e. The first-order valence-corrected chi connectivity index (χ1v) is 4.37. The van der Waals surface area contributed by atoms with E-state index in [1.54, 1.807) is 23.0 Å². The first-order chi connectivity index (χ1) is 6.63. The molecule has 1 amide bonds. The van der Waals surface area contributed by atoms with Crippen LogP contribution in [0.4, 0.5) is 0 Å². The molecule has 1 aliphatic rings. The van der Waals surface area contributed by atoms with E-state index in [2.05, 4.69) is 4.74 Å². The molecule has 14 heavy (non-hydrogen) atoms. The fraction of sp³-hybridized carbons (Fsp3) is 0.556. The van der Waals surface area contributed by atoms with E-state index in [1.807, 2.05) is 0 Å². The molecule has 0 bridgehead atoms. The molecule has 5 heteroatoms. The standard InChI is InChI=1S/C9H14N2O3/c1-10-5-6-11(7-8(10)12)4-3-9(13)14-2/h3-4H,5-7H2,1-2H3/b4-3+. The number of likely N-dealkylation sites (N-methyl/N-ethyl adjacent to an activating group) is 1. The van der Waals surface area contributed by atoms with E-state index in [-0.39, 0.29) is 5.91 Å². The molecular formula is C9H14N2O3. The SMILES string of the molecule is COC(=O)/C=C/N1CCN(C)C(=O)C1. The zero-order valence-corrected chi connectivity index (χ0v) is 8.40. The summed E-state index contributed by atoms with van der Waals surface area (Å²) in [7, 11) is 3.09. The van der Waals surface area contributed by atoms with Gasteiger partial charge in [-0.05, 0) is 0 Å². The first kappa shape index (κ1) is 10.6. The summed E-state index contributed by atoms with van der Waals surface area (Å²) in [6, 6.07) is 0. The zero-order valence-electron chi connectivity index (χ0n) is 8.40. The van der Waals surface area contributed by atoms with Gasteiger partial charge in [0, 0.05) is 32.4 Å². The molecule has 0 aromatic carbocycles. The summed E-state index contributed by atoms with van der Waals surface area (Å²) in [4.78, 5) is 25.5. The molecule has 0 aromatic heterocycles. The van der Waals surface area contributed by atoms with Gasteiger partial charge in [-0.25, -0.2) is 4.79 Å². The molecule has 1 fully saturated rings. The average Bonchev–Trinajstić information content (AvgIpc) is 2.19. The van der Waals surface area contributed by atoms with Crippen molar-refractivity contribution in [2.24, 2.45) is 0 Å². The Balaban J connectivity index is 2.44. The molecule has 1 rings (SSSR count). The lowest BCUT2D eigenvalue weighted by molar-refractivity contribution is -0.136. The van der Waals surface area contributed by atoms with Gasteiger partial charge in [0.1, 0.15) is 0 Å². The Bertz CT molecular complexity index is 263. The predicted molar refractivity (Wildman–Crippen MR) is 50.4 cm³/mol. The maximum absolute atomic E-state index is 11.3. The quantitative estimate of drug-likeness (QED) is 0.441. The monoisotopic (exact) mass is 198 g/mol. The molecule has 0 spiro atoms. The van der Waals surface area contributed by atoms with Gasteiger partial charge in [-0.3, -0.25) is 4.79 Å². The lowest BCUT2D eigenvalue weighted by Gasteiger charge is -2.30. The van der Waals surface area contributed by atoms with Gasteiger partial charge in [-0.15, -0.1) is 0 Å². The lowest BCUT2D eigenvalue weighted by Crippen LogP contribution is -2.46. The van der Waals surface area contributed by atoms with E-state index in [0.29, 0.717) is 13.1 Å². The molecular weight excluding hydrogens is 184 g/mol. The number of carbonyl (C=O) groups is 2. The van der Waals surface area contributed by atoms with Crippen LogP contribution in [0.25, 0.3) is 0 Å². The third kappa shape index (κ3) is 2.76. The summed E-state index contributed by atoms with van der Waals surface area (Å²) in [6.07, 6.45) is 2.91. The second kappa shape index (κ2) is 4.64. The van der Waals surface area contributed by atoms with E-state index in [4.69, 9.17) is 0 Å². The van der Waals surface area contributed by atoms with Gasteiger partial charge in [0.05, 0.1) is 13.7 Å².